The van der Waals surface area contributed by atoms with Crippen molar-refractivity contribution >= 4 is 23.3 Å². The molecule has 1 fully saturated rings. The number of hydrogen-bond acceptors (Lipinski definition) is 2. The second-order valence-corrected chi connectivity index (χ2v) is 7.48. The van der Waals surface area contributed by atoms with Gasteiger partial charge in [-0.3, -0.25) is 9.59 Å². The monoisotopic (exact) mass is 392 g/mol. The lowest BCUT2D eigenvalue weighted by molar-refractivity contribution is -0.895. The third kappa shape index (κ3) is 4.06. The van der Waals surface area contributed by atoms with Crippen LogP contribution in [0.2, 0.25) is 5.02 Å². The van der Waals surface area contributed by atoms with E-state index in [9.17, 15) is 14.0 Å². The van der Waals surface area contributed by atoms with Crippen LogP contribution in [0.5, 0.6) is 0 Å². The number of piperazine rings is 1. The number of benzene rings is 1. The quantitative estimate of drug-likeness (QED) is 0.807. The molecule has 0 atom stereocenters. The number of carbonyl (C=O) groups is 2. The molecular weight excluding hydrogens is 369 g/mol. The Labute approximate surface area is 163 Å². The van der Waals surface area contributed by atoms with Gasteiger partial charge in [0.05, 0.1) is 31.2 Å². The predicted octanol–water partition coefficient (Wildman–Crippen LogP) is 1.82. The standard InChI is InChI=1S/C20H23ClFN3O2/c1-13-10-17(14(2)25(13)16-4-5-19(22)18(21)11-16)20(27)12-23-6-8-24(9-7-23)15(3)26/h4-5,10-11H,6-9,12H2,1-3H3/p+1. The van der Waals surface area contributed by atoms with Crippen molar-refractivity contribution in [3.8, 4) is 5.69 Å². The van der Waals surface area contributed by atoms with E-state index in [-0.39, 0.29) is 16.7 Å². The van der Waals surface area contributed by atoms with Gasteiger partial charge in [0.15, 0.2) is 0 Å². The average molecular weight is 393 g/mol. The Kier molecular flexibility index (Phi) is 5.67. The summed E-state index contributed by atoms with van der Waals surface area (Å²) in [5.41, 5.74) is 3.13. The highest BCUT2D eigenvalue weighted by Crippen LogP contribution is 2.24. The van der Waals surface area contributed by atoms with Crippen LogP contribution in [0, 0.1) is 19.7 Å². The van der Waals surface area contributed by atoms with Crippen molar-refractivity contribution in [1.82, 2.24) is 9.47 Å². The first-order chi connectivity index (χ1) is 12.8. The van der Waals surface area contributed by atoms with Gasteiger partial charge in [0, 0.05) is 29.6 Å². The van der Waals surface area contributed by atoms with Crippen LogP contribution in [0.25, 0.3) is 5.69 Å². The van der Waals surface area contributed by atoms with E-state index in [2.05, 4.69) is 0 Å². The molecule has 0 unspecified atom stereocenters. The van der Waals surface area contributed by atoms with Crippen molar-refractivity contribution in [2.75, 3.05) is 32.7 Å². The summed E-state index contributed by atoms with van der Waals surface area (Å²) >= 11 is 5.91. The van der Waals surface area contributed by atoms with Gasteiger partial charge in [0.25, 0.3) is 0 Å². The molecule has 3 rings (SSSR count). The Morgan fingerprint density at radius 3 is 2.44 bits per heavy atom. The fraction of sp³-hybridized carbons (Fsp3) is 0.400. The lowest BCUT2D eigenvalue weighted by Gasteiger charge is -2.31. The van der Waals surface area contributed by atoms with Crippen molar-refractivity contribution < 1.29 is 18.9 Å². The Hall–Kier alpha value is -2.18. The molecule has 0 saturated carbocycles. The van der Waals surface area contributed by atoms with Gasteiger partial charge < -0.3 is 14.4 Å². The number of nitrogens with one attached hydrogen (secondary N) is 1. The third-order valence-electron chi connectivity index (χ3n) is 5.22. The molecule has 1 aliphatic rings. The molecule has 1 amide bonds. The fourth-order valence-electron chi connectivity index (χ4n) is 3.70. The van der Waals surface area contributed by atoms with Gasteiger partial charge in [-0.1, -0.05) is 11.6 Å². The molecule has 1 aliphatic heterocycles. The van der Waals surface area contributed by atoms with Gasteiger partial charge in [-0.25, -0.2) is 4.39 Å². The van der Waals surface area contributed by atoms with Crippen molar-refractivity contribution in [1.29, 1.82) is 0 Å². The van der Waals surface area contributed by atoms with Crippen LogP contribution >= 0.6 is 11.6 Å². The molecule has 0 aliphatic carbocycles. The van der Waals surface area contributed by atoms with Crippen LogP contribution in [0.4, 0.5) is 4.39 Å². The summed E-state index contributed by atoms with van der Waals surface area (Å²) in [6.07, 6.45) is 0. The zero-order valence-corrected chi connectivity index (χ0v) is 16.6. The molecule has 5 nitrogen and oxygen atoms in total. The number of aryl methyl sites for hydroxylation is 1. The summed E-state index contributed by atoms with van der Waals surface area (Å²) < 4.78 is 15.4. The molecule has 27 heavy (non-hydrogen) atoms. The van der Waals surface area contributed by atoms with E-state index < -0.39 is 5.82 Å². The van der Waals surface area contributed by atoms with Crippen LogP contribution in [0.15, 0.2) is 24.3 Å². The minimum atomic E-state index is -0.465. The summed E-state index contributed by atoms with van der Waals surface area (Å²) in [5.74, 6) is -0.303. The number of nitrogens with zero attached hydrogens (tertiary/aromatic N) is 2. The molecule has 2 heterocycles. The molecule has 2 aromatic rings. The first-order valence-corrected chi connectivity index (χ1v) is 9.42. The van der Waals surface area contributed by atoms with Gasteiger partial charge in [0.2, 0.25) is 11.7 Å². The fourth-order valence-corrected chi connectivity index (χ4v) is 3.88. The maximum atomic E-state index is 13.5. The second kappa shape index (κ2) is 7.82. The maximum Gasteiger partial charge on any atom is 0.219 e. The van der Waals surface area contributed by atoms with Gasteiger partial charge in [-0.2, -0.15) is 0 Å². The molecule has 7 heteroatoms. The summed E-state index contributed by atoms with van der Waals surface area (Å²) in [7, 11) is 0. The largest absolute Gasteiger partial charge is 0.332 e. The smallest absolute Gasteiger partial charge is 0.219 e. The van der Waals surface area contributed by atoms with Crippen LogP contribution in [-0.2, 0) is 4.79 Å². The number of hydrogen-bond donors (Lipinski definition) is 1. The Balaban J connectivity index is 1.77. The average Bonchev–Trinajstić information content (AvgIpc) is 2.92. The minimum Gasteiger partial charge on any atom is -0.332 e. The molecule has 144 valence electrons. The molecule has 1 saturated heterocycles. The van der Waals surface area contributed by atoms with Crippen LogP contribution in [0.3, 0.4) is 0 Å². The summed E-state index contributed by atoms with van der Waals surface area (Å²) in [6.45, 7) is 8.71. The Morgan fingerprint density at radius 2 is 1.85 bits per heavy atom. The van der Waals surface area contributed by atoms with Crippen molar-refractivity contribution in [2.24, 2.45) is 0 Å². The van der Waals surface area contributed by atoms with Crippen molar-refractivity contribution in [3.63, 3.8) is 0 Å². The summed E-state index contributed by atoms with van der Waals surface area (Å²) in [4.78, 5) is 27.3. The zero-order valence-electron chi connectivity index (χ0n) is 15.8. The number of halogens is 2. The number of aromatic nitrogens is 1. The summed E-state index contributed by atoms with van der Waals surface area (Å²) in [5, 5.41) is 0.0562. The molecular formula is C20H24ClFN3O2+. The van der Waals surface area contributed by atoms with Crippen LogP contribution in [-0.4, -0.2) is 53.9 Å². The first-order valence-electron chi connectivity index (χ1n) is 9.04. The topological polar surface area (TPSA) is 46.8 Å². The van der Waals surface area contributed by atoms with E-state index in [4.69, 9.17) is 11.6 Å². The Bertz CT molecular complexity index is 886. The number of rotatable bonds is 4. The van der Waals surface area contributed by atoms with Gasteiger partial charge in [-0.15, -0.1) is 0 Å². The third-order valence-corrected chi connectivity index (χ3v) is 5.51. The van der Waals surface area contributed by atoms with Gasteiger partial charge in [0.1, 0.15) is 12.4 Å². The zero-order chi connectivity index (χ0) is 19.7. The van der Waals surface area contributed by atoms with Crippen LogP contribution in [0.1, 0.15) is 28.7 Å². The van der Waals surface area contributed by atoms with E-state index in [1.807, 2.05) is 29.4 Å². The number of amides is 1. The van der Waals surface area contributed by atoms with E-state index >= 15 is 0 Å². The first kappa shape index (κ1) is 19.6. The SMILES string of the molecule is CC(=O)N1CC[NH+](CC(=O)c2cc(C)n(-c3ccc(F)c(Cl)c3)c2C)CC1. The highest BCUT2D eigenvalue weighted by atomic mass is 35.5. The lowest BCUT2D eigenvalue weighted by Crippen LogP contribution is -3.15. The van der Waals surface area contributed by atoms with Crippen molar-refractivity contribution in [2.45, 2.75) is 20.8 Å². The molecule has 1 aromatic carbocycles. The van der Waals surface area contributed by atoms with Gasteiger partial charge in [-0.05, 0) is 38.1 Å². The molecule has 1 aromatic heterocycles. The second-order valence-electron chi connectivity index (χ2n) is 7.07. The highest BCUT2D eigenvalue weighted by Gasteiger charge is 2.26. The number of Topliss-reactive ketones (excluding diaryl/α,β-unsaturated/α-hetero) is 1. The number of carbonyl (C=O) groups excluding carboxylic acids is 2. The normalized spacial score (nSPS) is 15.2. The number of ketones is 1. The van der Waals surface area contributed by atoms with E-state index in [1.165, 1.54) is 11.0 Å². The molecule has 0 spiro atoms. The molecule has 0 bridgehead atoms. The van der Waals surface area contributed by atoms with Crippen molar-refractivity contribution in [3.05, 3.63) is 52.1 Å². The Morgan fingerprint density at radius 1 is 1.19 bits per heavy atom. The maximum absolute atomic E-state index is 13.5. The number of quaternary nitrogens is 1. The molecule has 0 radical (unpaired) electrons. The van der Waals surface area contributed by atoms with E-state index in [1.54, 1.807) is 19.1 Å². The van der Waals surface area contributed by atoms with Gasteiger partial charge >= 0.3 is 0 Å². The highest BCUT2D eigenvalue weighted by molar-refractivity contribution is 6.30. The van der Waals surface area contributed by atoms with Crippen LogP contribution < -0.4 is 4.90 Å². The van der Waals surface area contributed by atoms with E-state index in [0.29, 0.717) is 25.2 Å². The summed E-state index contributed by atoms with van der Waals surface area (Å²) in [6, 6.07) is 6.43. The lowest BCUT2D eigenvalue weighted by atomic mass is 10.1. The predicted molar refractivity (Wildman–Crippen MR) is 102 cm³/mol. The minimum absolute atomic E-state index is 0.0562. The molecule has 1 N–H and O–H groups in total. The van der Waals surface area contributed by atoms with E-state index in [0.717, 1.165) is 30.2 Å².